The third kappa shape index (κ3) is 2.62. The second-order valence-corrected chi connectivity index (χ2v) is 5.86. The molecule has 1 atom stereocenters. The van der Waals surface area contributed by atoms with Crippen molar-refractivity contribution in [3.05, 3.63) is 28.7 Å². The highest BCUT2D eigenvalue weighted by Crippen LogP contribution is 2.22. The molecular weight excluding hydrogens is 276 g/mol. The molecule has 1 fully saturated rings. The number of aromatic hydroxyl groups is 1. The summed E-state index contributed by atoms with van der Waals surface area (Å²) in [6.45, 7) is 1.70. The van der Waals surface area contributed by atoms with E-state index in [1.165, 1.54) is 17.4 Å². The lowest BCUT2D eigenvalue weighted by atomic mass is 10.2. The Morgan fingerprint density at radius 2 is 2.45 bits per heavy atom. The molecule has 6 nitrogen and oxygen atoms in total. The highest BCUT2D eigenvalue weighted by Gasteiger charge is 2.25. The minimum atomic E-state index is -0.117. The minimum Gasteiger partial charge on any atom is -0.507 e. The molecule has 3 rings (SSSR count). The van der Waals surface area contributed by atoms with Crippen molar-refractivity contribution in [3.8, 4) is 5.75 Å². The van der Waals surface area contributed by atoms with Crippen LogP contribution < -0.4 is 10.2 Å². The topological polar surface area (TPSA) is 70.4 Å². The highest BCUT2D eigenvalue weighted by molar-refractivity contribution is 7.12. The zero-order valence-electron chi connectivity index (χ0n) is 11.1. The lowest BCUT2D eigenvalue weighted by molar-refractivity contribution is 0.0944. The van der Waals surface area contributed by atoms with Crippen LogP contribution in [0.2, 0.25) is 0 Å². The molecule has 0 saturated carbocycles. The van der Waals surface area contributed by atoms with Crippen molar-refractivity contribution in [2.75, 3.05) is 18.0 Å². The maximum Gasteiger partial charge on any atom is 0.261 e. The van der Waals surface area contributed by atoms with Crippen LogP contribution in [0.15, 0.2) is 23.8 Å². The zero-order chi connectivity index (χ0) is 14.1. The quantitative estimate of drug-likeness (QED) is 0.891. The van der Waals surface area contributed by atoms with Crippen LogP contribution in [0.25, 0.3) is 0 Å². The van der Waals surface area contributed by atoms with Crippen LogP contribution >= 0.6 is 11.3 Å². The van der Waals surface area contributed by atoms with E-state index in [9.17, 15) is 9.90 Å². The van der Waals surface area contributed by atoms with Gasteiger partial charge in [0, 0.05) is 43.8 Å². The van der Waals surface area contributed by atoms with Crippen LogP contribution in [-0.4, -0.2) is 39.9 Å². The Kier molecular flexibility index (Phi) is 3.35. The van der Waals surface area contributed by atoms with Crippen LogP contribution in [-0.2, 0) is 7.05 Å². The molecule has 1 aliphatic heterocycles. The van der Waals surface area contributed by atoms with Crippen molar-refractivity contribution in [2.24, 2.45) is 7.05 Å². The number of carbonyl (C=O) groups is 1. The summed E-state index contributed by atoms with van der Waals surface area (Å²) < 4.78 is 1.77. The van der Waals surface area contributed by atoms with Gasteiger partial charge in [-0.2, -0.15) is 5.10 Å². The first kappa shape index (κ1) is 13.0. The van der Waals surface area contributed by atoms with Crippen molar-refractivity contribution in [1.29, 1.82) is 0 Å². The molecule has 2 aromatic rings. The molecule has 0 aromatic carbocycles. The second-order valence-electron chi connectivity index (χ2n) is 4.95. The number of nitrogens with one attached hydrogen (secondary N) is 1. The number of thiophene rings is 1. The predicted molar refractivity (Wildman–Crippen MR) is 77.3 cm³/mol. The molecule has 0 spiro atoms. The number of aromatic nitrogens is 2. The molecule has 7 heteroatoms. The average Bonchev–Trinajstić information content (AvgIpc) is 3.10. The van der Waals surface area contributed by atoms with Gasteiger partial charge >= 0.3 is 0 Å². The Hall–Kier alpha value is -2.02. The van der Waals surface area contributed by atoms with Gasteiger partial charge in [-0.05, 0) is 6.42 Å². The third-order valence-corrected chi connectivity index (χ3v) is 4.31. The number of aryl methyl sites for hydroxylation is 1. The highest BCUT2D eigenvalue weighted by atomic mass is 32.1. The van der Waals surface area contributed by atoms with Crippen molar-refractivity contribution in [2.45, 2.75) is 12.5 Å². The van der Waals surface area contributed by atoms with Gasteiger partial charge in [0.1, 0.15) is 5.75 Å². The number of anilines is 1. The maximum atomic E-state index is 12.0. The summed E-state index contributed by atoms with van der Waals surface area (Å²) in [5, 5.41) is 18.0. The molecule has 106 valence electrons. The number of hydrogen-bond acceptors (Lipinski definition) is 5. The van der Waals surface area contributed by atoms with Crippen LogP contribution in [0.3, 0.4) is 0 Å². The van der Waals surface area contributed by atoms with E-state index in [0.717, 1.165) is 25.2 Å². The molecule has 1 aliphatic rings. The fraction of sp³-hybridized carbons (Fsp3) is 0.385. The largest absolute Gasteiger partial charge is 0.507 e. The van der Waals surface area contributed by atoms with Gasteiger partial charge in [-0.25, -0.2) is 0 Å². The Morgan fingerprint density at radius 3 is 3.10 bits per heavy atom. The van der Waals surface area contributed by atoms with Gasteiger partial charge in [0.2, 0.25) is 0 Å². The van der Waals surface area contributed by atoms with E-state index in [1.54, 1.807) is 10.1 Å². The molecular formula is C13H16N4O2S. The number of amides is 1. The molecule has 20 heavy (non-hydrogen) atoms. The Bertz CT molecular complexity index is 621. The molecule has 0 radical (unpaired) electrons. The lowest BCUT2D eigenvalue weighted by Crippen LogP contribution is -2.36. The summed E-state index contributed by atoms with van der Waals surface area (Å²) in [4.78, 5) is 14.8. The summed E-state index contributed by atoms with van der Waals surface area (Å²) in [6, 6.07) is 1.63. The summed E-state index contributed by atoms with van der Waals surface area (Å²) >= 11 is 1.25. The molecule has 0 aliphatic carbocycles. The SMILES string of the molecule is Cn1cc(N2CC[C@@H](NC(=O)c3cc(O)cs3)C2)cn1. The van der Waals surface area contributed by atoms with Gasteiger partial charge in [0.15, 0.2) is 0 Å². The Morgan fingerprint density at radius 1 is 1.60 bits per heavy atom. The van der Waals surface area contributed by atoms with E-state index < -0.39 is 0 Å². The zero-order valence-corrected chi connectivity index (χ0v) is 11.9. The fourth-order valence-corrected chi connectivity index (χ4v) is 3.06. The predicted octanol–water partition coefficient (Wildman–Crippen LogP) is 1.20. The third-order valence-electron chi connectivity index (χ3n) is 3.39. The molecule has 2 aromatic heterocycles. The maximum absolute atomic E-state index is 12.0. The van der Waals surface area contributed by atoms with Gasteiger partial charge in [-0.1, -0.05) is 0 Å². The van der Waals surface area contributed by atoms with Gasteiger partial charge in [0.05, 0.1) is 16.8 Å². The number of carbonyl (C=O) groups excluding carboxylic acids is 1. The number of hydrogen-bond donors (Lipinski definition) is 2. The van der Waals surface area contributed by atoms with Crippen molar-refractivity contribution >= 4 is 22.9 Å². The van der Waals surface area contributed by atoms with Crippen LogP contribution in [0.4, 0.5) is 5.69 Å². The Balaban J connectivity index is 1.59. The van der Waals surface area contributed by atoms with Crippen molar-refractivity contribution in [3.63, 3.8) is 0 Å². The van der Waals surface area contributed by atoms with Crippen molar-refractivity contribution in [1.82, 2.24) is 15.1 Å². The first-order valence-electron chi connectivity index (χ1n) is 6.44. The first-order valence-corrected chi connectivity index (χ1v) is 7.32. The van der Waals surface area contributed by atoms with E-state index in [2.05, 4.69) is 15.3 Å². The molecule has 1 amide bonds. The smallest absolute Gasteiger partial charge is 0.261 e. The van der Waals surface area contributed by atoms with E-state index >= 15 is 0 Å². The minimum absolute atomic E-state index is 0.117. The molecule has 0 unspecified atom stereocenters. The van der Waals surface area contributed by atoms with E-state index in [0.29, 0.717) is 4.88 Å². The summed E-state index contributed by atoms with van der Waals surface area (Å²) in [7, 11) is 1.89. The normalized spacial score (nSPS) is 18.4. The van der Waals surface area contributed by atoms with E-state index in [-0.39, 0.29) is 17.7 Å². The summed E-state index contributed by atoms with van der Waals surface area (Å²) in [5.41, 5.74) is 1.08. The number of rotatable bonds is 3. The standard InChI is InChI=1S/C13H16N4O2S/c1-16-7-10(5-14-16)17-3-2-9(6-17)15-13(19)12-4-11(18)8-20-12/h4-5,7-9,18H,2-3,6H2,1H3,(H,15,19)/t9-/m1/s1. The van der Waals surface area contributed by atoms with Crippen LogP contribution in [0.1, 0.15) is 16.1 Å². The van der Waals surface area contributed by atoms with Gasteiger partial charge < -0.3 is 15.3 Å². The van der Waals surface area contributed by atoms with E-state index in [1.807, 2.05) is 19.4 Å². The summed E-state index contributed by atoms with van der Waals surface area (Å²) in [5.74, 6) is 0.0249. The second kappa shape index (κ2) is 5.16. The van der Waals surface area contributed by atoms with Gasteiger partial charge in [0.25, 0.3) is 5.91 Å². The van der Waals surface area contributed by atoms with Gasteiger partial charge in [-0.15, -0.1) is 11.3 Å². The molecule has 2 N–H and O–H groups in total. The lowest BCUT2D eigenvalue weighted by Gasteiger charge is -2.16. The Labute approximate surface area is 120 Å². The van der Waals surface area contributed by atoms with Crippen molar-refractivity contribution < 1.29 is 9.90 Å². The monoisotopic (exact) mass is 292 g/mol. The molecule has 3 heterocycles. The summed E-state index contributed by atoms with van der Waals surface area (Å²) in [6.07, 6.45) is 4.72. The number of nitrogens with zero attached hydrogens (tertiary/aromatic N) is 3. The molecule has 0 bridgehead atoms. The van der Waals surface area contributed by atoms with Gasteiger partial charge in [-0.3, -0.25) is 9.48 Å². The average molecular weight is 292 g/mol. The van der Waals surface area contributed by atoms with Crippen LogP contribution in [0.5, 0.6) is 5.75 Å². The first-order chi connectivity index (χ1) is 9.61. The fourth-order valence-electron chi connectivity index (χ4n) is 2.39. The van der Waals surface area contributed by atoms with E-state index in [4.69, 9.17) is 0 Å². The molecule has 1 saturated heterocycles. The van der Waals surface area contributed by atoms with Crippen LogP contribution in [0, 0.1) is 0 Å².